The summed E-state index contributed by atoms with van der Waals surface area (Å²) >= 11 is 0. The fourth-order valence-electron chi connectivity index (χ4n) is 6.76. The van der Waals surface area contributed by atoms with Crippen LogP contribution in [0.3, 0.4) is 0 Å². The molecule has 0 amide bonds. The van der Waals surface area contributed by atoms with Gasteiger partial charge in [-0.05, 0) is 105 Å². The summed E-state index contributed by atoms with van der Waals surface area (Å²) in [5.41, 5.74) is 12.0. The summed E-state index contributed by atoms with van der Waals surface area (Å²) in [6, 6.07) is 33.9. The first-order valence-electron chi connectivity index (χ1n) is 16.4. The topological polar surface area (TPSA) is 44.9 Å². The molecule has 0 atom stereocenters. The average Bonchev–Trinajstić information content (AvgIpc) is 3.59. The number of rotatable bonds is 9. The van der Waals surface area contributed by atoms with E-state index in [9.17, 15) is 0 Å². The molecule has 4 aromatic carbocycles. The zero-order valence-corrected chi connectivity index (χ0v) is 27.3. The maximum Gasteiger partial charge on any atom is 0.137 e. The molecule has 0 radical (unpaired) electrons. The lowest BCUT2D eigenvalue weighted by Gasteiger charge is -2.14. The SMILES string of the molecule is CCCCc1c(-c2c(C)cccc2C)c(CC)nn1-c1cccc(Oc2ccc3c4ccccc4n(-c4cc(C)ccn4)c3c2)c1. The van der Waals surface area contributed by atoms with Gasteiger partial charge in [0.15, 0.2) is 0 Å². The van der Waals surface area contributed by atoms with Crippen LogP contribution in [0.5, 0.6) is 11.5 Å². The largest absolute Gasteiger partial charge is 0.457 e. The van der Waals surface area contributed by atoms with E-state index in [1.54, 1.807) is 0 Å². The van der Waals surface area contributed by atoms with Gasteiger partial charge in [-0.2, -0.15) is 5.10 Å². The van der Waals surface area contributed by atoms with Crippen molar-refractivity contribution in [1.82, 2.24) is 19.3 Å². The number of unbranched alkanes of at least 4 members (excludes halogenated alkanes) is 1. The zero-order chi connectivity index (χ0) is 31.8. The number of hydrogen-bond acceptors (Lipinski definition) is 3. The Morgan fingerprint density at radius 2 is 1.46 bits per heavy atom. The summed E-state index contributed by atoms with van der Waals surface area (Å²) in [4.78, 5) is 4.73. The van der Waals surface area contributed by atoms with Crippen LogP contribution in [-0.4, -0.2) is 19.3 Å². The summed E-state index contributed by atoms with van der Waals surface area (Å²) in [6.45, 7) is 11.0. The van der Waals surface area contributed by atoms with Crippen LogP contribution >= 0.6 is 0 Å². The normalized spacial score (nSPS) is 11.5. The predicted octanol–water partition coefficient (Wildman–Crippen LogP) is 10.7. The minimum absolute atomic E-state index is 0.775. The Bertz CT molecular complexity index is 2180. The van der Waals surface area contributed by atoms with E-state index in [2.05, 4.69) is 129 Å². The number of aryl methyl sites for hydroxylation is 4. The van der Waals surface area contributed by atoms with Crippen LogP contribution in [0, 0.1) is 20.8 Å². The number of nitrogens with zero attached hydrogens (tertiary/aromatic N) is 4. The fourth-order valence-corrected chi connectivity index (χ4v) is 6.76. The summed E-state index contributed by atoms with van der Waals surface area (Å²) in [6.07, 6.45) is 5.93. The second-order valence-electron chi connectivity index (χ2n) is 12.2. The van der Waals surface area contributed by atoms with Gasteiger partial charge in [0.25, 0.3) is 0 Å². The van der Waals surface area contributed by atoms with Gasteiger partial charge in [0.1, 0.15) is 17.3 Å². The molecule has 46 heavy (non-hydrogen) atoms. The van der Waals surface area contributed by atoms with Gasteiger partial charge in [-0.25, -0.2) is 9.67 Å². The van der Waals surface area contributed by atoms with Crippen molar-refractivity contribution in [3.8, 4) is 34.1 Å². The molecule has 7 rings (SSSR count). The number of fused-ring (bicyclic) bond motifs is 3. The minimum atomic E-state index is 0.775. The van der Waals surface area contributed by atoms with Crippen LogP contribution in [0.25, 0.3) is 44.4 Å². The maximum atomic E-state index is 6.59. The Morgan fingerprint density at radius 1 is 0.696 bits per heavy atom. The van der Waals surface area contributed by atoms with Gasteiger partial charge in [-0.15, -0.1) is 0 Å². The van der Waals surface area contributed by atoms with Crippen LogP contribution in [0.15, 0.2) is 103 Å². The van der Waals surface area contributed by atoms with E-state index in [0.29, 0.717) is 0 Å². The number of benzene rings is 4. The Labute approximate surface area is 271 Å². The van der Waals surface area contributed by atoms with Gasteiger partial charge >= 0.3 is 0 Å². The lowest BCUT2D eigenvalue weighted by atomic mass is 9.92. The molecular formula is C41H40N4O. The third-order valence-corrected chi connectivity index (χ3v) is 8.96. The van der Waals surface area contributed by atoms with Crippen molar-refractivity contribution in [1.29, 1.82) is 0 Å². The molecule has 0 aliphatic rings. The number of para-hydroxylation sites is 1. The Balaban J connectivity index is 1.31. The molecule has 0 aliphatic heterocycles. The van der Waals surface area contributed by atoms with Crippen molar-refractivity contribution in [3.63, 3.8) is 0 Å². The number of aromatic nitrogens is 4. The number of ether oxygens (including phenoxy) is 1. The molecule has 3 aromatic heterocycles. The second kappa shape index (κ2) is 12.3. The van der Waals surface area contributed by atoms with Crippen LogP contribution in [-0.2, 0) is 12.8 Å². The molecular weight excluding hydrogens is 564 g/mol. The molecule has 230 valence electrons. The van der Waals surface area contributed by atoms with Gasteiger partial charge in [0, 0.05) is 34.7 Å². The van der Waals surface area contributed by atoms with E-state index in [4.69, 9.17) is 14.8 Å². The van der Waals surface area contributed by atoms with Gasteiger partial charge in [0.2, 0.25) is 0 Å². The van der Waals surface area contributed by atoms with Crippen LogP contribution in [0.2, 0.25) is 0 Å². The number of hydrogen-bond donors (Lipinski definition) is 0. The first-order chi connectivity index (χ1) is 22.5. The van der Waals surface area contributed by atoms with Crippen LogP contribution < -0.4 is 4.74 Å². The molecule has 3 heterocycles. The van der Waals surface area contributed by atoms with Crippen molar-refractivity contribution >= 4 is 21.8 Å². The summed E-state index contributed by atoms with van der Waals surface area (Å²) in [7, 11) is 0. The smallest absolute Gasteiger partial charge is 0.137 e. The van der Waals surface area contributed by atoms with Crippen LogP contribution in [0.4, 0.5) is 0 Å². The molecule has 0 unspecified atom stereocenters. The second-order valence-corrected chi connectivity index (χ2v) is 12.2. The zero-order valence-electron chi connectivity index (χ0n) is 27.3. The maximum absolute atomic E-state index is 6.59. The van der Waals surface area contributed by atoms with Gasteiger partial charge in [0.05, 0.1) is 28.1 Å². The van der Waals surface area contributed by atoms with Gasteiger partial charge in [-0.3, -0.25) is 4.57 Å². The van der Waals surface area contributed by atoms with E-state index in [1.807, 2.05) is 18.3 Å². The summed E-state index contributed by atoms with van der Waals surface area (Å²) in [5.74, 6) is 2.45. The third kappa shape index (κ3) is 5.26. The highest BCUT2D eigenvalue weighted by molar-refractivity contribution is 6.09. The highest BCUT2D eigenvalue weighted by Crippen LogP contribution is 2.38. The van der Waals surface area contributed by atoms with Crippen molar-refractivity contribution in [3.05, 3.63) is 131 Å². The molecule has 7 aromatic rings. The lowest BCUT2D eigenvalue weighted by molar-refractivity contribution is 0.482. The molecule has 0 saturated carbocycles. The van der Waals surface area contributed by atoms with E-state index < -0.39 is 0 Å². The molecule has 0 N–H and O–H groups in total. The fraction of sp³-hybridized carbons (Fsp3) is 0.220. The molecule has 0 aliphatic carbocycles. The van der Waals surface area contributed by atoms with Gasteiger partial charge in [-0.1, -0.05) is 62.7 Å². The molecule has 5 nitrogen and oxygen atoms in total. The van der Waals surface area contributed by atoms with E-state index in [1.165, 1.54) is 44.3 Å². The average molecular weight is 605 g/mol. The van der Waals surface area contributed by atoms with Crippen molar-refractivity contribution in [2.45, 2.75) is 60.3 Å². The first kappa shape index (κ1) is 29.5. The Morgan fingerprint density at radius 3 is 2.24 bits per heavy atom. The van der Waals surface area contributed by atoms with Crippen molar-refractivity contribution in [2.75, 3.05) is 0 Å². The molecule has 0 fully saturated rings. The van der Waals surface area contributed by atoms with Crippen LogP contribution in [0.1, 0.15) is 54.8 Å². The lowest BCUT2D eigenvalue weighted by Crippen LogP contribution is -2.04. The Kier molecular flexibility index (Phi) is 7.91. The first-order valence-corrected chi connectivity index (χ1v) is 16.4. The highest BCUT2D eigenvalue weighted by atomic mass is 16.5. The van der Waals surface area contributed by atoms with E-state index in [-0.39, 0.29) is 0 Å². The quantitative estimate of drug-likeness (QED) is 0.165. The third-order valence-electron chi connectivity index (χ3n) is 8.96. The number of pyridine rings is 1. The van der Waals surface area contributed by atoms with Crippen molar-refractivity contribution < 1.29 is 4.74 Å². The highest BCUT2D eigenvalue weighted by Gasteiger charge is 2.22. The Hall–Kier alpha value is -5.16. The summed E-state index contributed by atoms with van der Waals surface area (Å²) < 4.78 is 11.0. The van der Waals surface area contributed by atoms with Gasteiger partial charge < -0.3 is 4.74 Å². The molecule has 0 bridgehead atoms. The van der Waals surface area contributed by atoms with E-state index >= 15 is 0 Å². The summed E-state index contributed by atoms with van der Waals surface area (Å²) in [5, 5.41) is 7.59. The molecule has 0 saturated heterocycles. The standard InChI is InChI=1S/C41H40N4O/c1-6-8-18-37-41(40-28(4)13-11-14-29(40)5)35(7-2)43-45(37)30-15-12-16-31(25-30)46-32-20-21-34-33-17-9-10-19-36(33)44(38(34)26-32)39-24-27(3)22-23-42-39/h9-17,19-26H,6-8,18H2,1-5H3. The minimum Gasteiger partial charge on any atom is -0.457 e. The molecule has 5 heteroatoms. The van der Waals surface area contributed by atoms with Crippen molar-refractivity contribution in [2.24, 2.45) is 0 Å². The predicted molar refractivity (Wildman–Crippen MR) is 190 cm³/mol. The monoisotopic (exact) mass is 604 g/mol. The van der Waals surface area contributed by atoms with E-state index in [0.717, 1.165) is 65.4 Å². The molecule has 0 spiro atoms.